The minimum Gasteiger partial charge on any atom is -0.497 e. The summed E-state index contributed by atoms with van der Waals surface area (Å²) in [7, 11) is 1.63. The molecule has 1 amide bonds. The maximum absolute atomic E-state index is 12.5. The molecule has 6 nitrogen and oxygen atoms in total. The van der Waals surface area contributed by atoms with Gasteiger partial charge in [0, 0.05) is 18.7 Å². The van der Waals surface area contributed by atoms with Crippen molar-refractivity contribution in [1.82, 2.24) is 14.9 Å². The Hall–Kier alpha value is -2.47. The van der Waals surface area contributed by atoms with Crippen molar-refractivity contribution in [1.29, 1.82) is 0 Å². The maximum Gasteiger partial charge on any atom is 0.274 e. The molecule has 0 N–H and O–H groups in total. The van der Waals surface area contributed by atoms with Gasteiger partial charge in [0.2, 0.25) is 0 Å². The summed E-state index contributed by atoms with van der Waals surface area (Å²) in [6.45, 7) is 4.29. The lowest BCUT2D eigenvalue weighted by Gasteiger charge is -2.26. The van der Waals surface area contributed by atoms with Crippen LogP contribution in [0.5, 0.6) is 5.75 Å². The summed E-state index contributed by atoms with van der Waals surface area (Å²) in [6.07, 6.45) is 3.19. The molecule has 1 aliphatic heterocycles. The predicted octanol–water partition coefficient (Wildman–Crippen LogP) is 1.93. The lowest BCUT2D eigenvalue weighted by molar-refractivity contribution is 0.0299. The summed E-state index contributed by atoms with van der Waals surface area (Å²) in [5.74, 6) is 0.688. The van der Waals surface area contributed by atoms with E-state index in [4.69, 9.17) is 9.47 Å². The maximum atomic E-state index is 12.5. The molecule has 6 heteroatoms. The van der Waals surface area contributed by atoms with Gasteiger partial charge in [0.15, 0.2) is 0 Å². The molecule has 1 saturated heterocycles. The van der Waals surface area contributed by atoms with E-state index in [9.17, 15) is 4.79 Å². The quantitative estimate of drug-likeness (QED) is 0.866. The molecular weight excluding hydrogens is 294 g/mol. The first-order valence-electron chi connectivity index (χ1n) is 7.53. The number of carbonyl (C=O) groups excluding carboxylic acids is 1. The molecule has 1 aromatic carbocycles. The third-order valence-corrected chi connectivity index (χ3v) is 3.86. The molecule has 23 heavy (non-hydrogen) atoms. The van der Waals surface area contributed by atoms with Crippen molar-refractivity contribution >= 4 is 5.91 Å². The monoisotopic (exact) mass is 313 g/mol. The lowest BCUT2D eigenvalue weighted by Crippen LogP contribution is -2.41. The van der Waals surface area contributed by atoms with E-state index in [0.29, 0.717) is 37.7 Å². The molecule has 120 valence electrons. The molecule has 1 fully saturated rings. The van der Waals surface area contributed by atoms with E-state index in [1.807, 2.05) is 25.1 Å². The number of carbonyl (C=O) groups is 1. The fourth-order valence-electron chi connectivity index (χ4n) is 2.58. The second-order valence-corrected chi connectivity index (χ2v) is 5.37. The van der Waals surface area contributed by atoms with Crippen LogP contribution in [0.25, 0.3) is 11.3 Å². The summed E-state index contributed by atoms with van der Waals surface area (Å²) < 4.78 is 10.5. The smallest absolute Gasteiger partial charge is 0.274 e. The van der Waals surface area contributed by atoms with E-state index in [-0.39, 0.29) is 5.91 Å². The highest BCUT2D eigenvalue weighted by Crippen LogP contribution is 2.25. The summed E-state index contributed by atoms with van der Waals surface area (Å²) in [5.41, 5.74) is 3.01. The van der Waals surface area contributed by atoms with Crippen LogP contribution in [0.2, 0.25) is 0 Å². The van der Waals surface area contributed by atoms with Crippen molar-refractivity contribution in [2.24, 2.45) is 0 Å². The average Bonchev–Trinajstić information content (AvgIpc) is 2.61. The Kier molecular flexibility index (Phi) is 4.52. The van der Waals surface area contributed by atoms with Crippen LogP contribution in [0.1, 0.15) is 16.1 Å². The van der Waals surface area contributed by atoms with Crippen LogP contribution in [0, 0.1) is 6.92 Å². The number of aromatic nitrogens is 2. The molecule has 0 atom stereocenters. The first-order valence-corrected chi connectivity index (χ1v) is 7.53. The van der Waals surface area contributed by atoms with Crippen LogP contribution in [0.4, 0.5) is 0 Å². The number of amides is 1. The molecule has 0 saturated carbocycles. The third kappa shape index (κ3) is 3.32. The Morgan fingerprint density at radius 1 is 1.26 bits per heavy atom. The van der Waals surface area contributed by atoms with Crippen molar-refractivity contribution in [3.8, 4) is 17.0 Å². The van der Waals surface area contributed by atoms with Gasteiger partial charge in [0.25, 0.3) is 5.91 Å². The molecule has 3 rings (SSSR count). The number of methoxy groups -OCH3 is 1. The number of aryl methyl sites for hydroxylation is 1. The van der Waals surface area contributed by atoms with E-state index >= 15 is 0 Å². The number of benzene rings is 1. The minimum absolute atomic E-state index is 0.103. The van der Waals surface area contributed by atoms with Gasteiger partial charge in [-0.05, 0) is 30.7 Å². The van der Waals surface area contributed by atoms with Crippen molar-refractivity contribution in [3.05, 3.63) is 41.9 Å². The molecule has 0 spiro atoms. The van der Waals surface area contributed by atoms with E-state index in [1.165, 1.54) is 6.20 Å². The highest BCUT2D eigenvalue weighted by molar-refractivity contribution is 5.92. The highest BCUT2D eigenvalue weighted by Gasteiger charge is 2.20. The van der Waals surface area contributed by atoms with E-state index in [2.05, 4.69) is 9.97 Å². The van der Waals surface area contributed by atoms with Gasteiger partial charge in [0.1, 0.15) is 11.4 Å². The highest BCUT2D eigenvalue weighted by atomic mass is 16.5. The zero-order chi connectivity index (χ0) is 16.2. The minimum atomic E-state index is -0.103. The fraction of sp³-hybridized carbons (Fsp3) is 0.353. The van der Waals surface area contributed by atoms with Gasteiger partial charge in [0.05, 0.1) is 38.4 Å². The Bertz CT molecular complexity index is 712. The van der Waals surface area contributed by atoms with Crippen LogP contribution < -0.4 is 4.74 Å². The third-order valence-electron chi connectivity index (χ3n) is 3.86. The Morgan fingerprint density at radius 3 is 2.74 bits per heavy atom. The second-order valence-electron chi connectivity index (χ2n) is 5.37. The van der Waals surface area contributed by atoms with Gasteiger partial charge in [-0.2, -0.15) is 0 Å². The zero-order valence-corrected chi connectivity index (χ0v) is 13.3. The molecule has 0 unspecified atom stereocenters. The number of rotatable bonds is 3. The van der Waals surface area contributed by atoms with Crippen molar-refractivity contribution in [3.63, 3.8) is 0 Å². The topological polar surface area (TPSA) is 64.5 Å². The van der Waals surface area contributed by atoms with Gasteiger partial charge in [-0.3, -0.25) is 9.78 Å². The number of hydrogen-bond donors (Lipinski definition) is 0. The molecule has 1 aromatic heterocycles. The molecule has 2 heterocycles. The van der Waals surface area contributed by atoms with Gasteiger partial charge < -0.3 is 14.4 Å². The summed E-state index contributed by atoms with van der Waals surface area (Å²) in [4.78, 5) is 23.0. The van der Waals surface area contributed by atoms with Gasteiger partial charge in [-0.25, -0.2) is 4.98 Å². The Labute approximate surface area is 135 Å². The Balaban J connectivity index is 1.89. The number of ether oxygens (including phenoxy) is 2. The zero-order valence-electron chi connectivity index (χ0n) is 13.3. The molecule has 0 bridgehead atoms. The number of nitrogens with zero attached hydrogens (tertiary/aromatic N) is 3. The normalized spacial score (nSPS) is 14.6. The van der Waals surface area contributed by atoms with Crippen molar-refractivity contribution in [2.75, 3.05) is 33.4 Å². The number of hydrogen-bond acceptors (Lipinski definition) is 5. The predicted molar refractivity (Wildman–Crippen MR) is 85.5 cm³/mol. The van der Waals surface area contributed by atoms with E-state index in [1.54, 1.807) is 18.2 Å². The van der Waals surface area contributed by atoms with Crippen LogP contribution in [-0.4, -0.2) is 54.2 Å². The summed E-state index contributed by atoms with van der Waals surface area (Å²) in [5, 5.41) is 0. The summed E-state index contributed by atoms with van der Waals surface area (Å²) in [6, 6.07) is 5.75. The van der Waals surface area contributed by atoms with E-state index in [0.717, 1.165) is 16.9 Å². The Morgan fingerprint density at radius 2 is 2.04 bits per heavy atom. The van der Waals surface area contributed by atoms with Crippen LogP contribution in [-0.2, 0) is 4.74 Å². The molecular formula is C17H19N3O3. The molecule has 2 aromatic rings. The average molecular weight is 313 g/mol. The SMILES string of the molecule is COc1ccc(-c2cncc(C(=O)N3CCOCC3)n2)c(C)c1. The fourth-order valence-corrected chi connectivity index (χ4v) is 2.58. The van der Waals surface area contributed by atoms with E-state index < -0.39 is 0 Å². The summed E-state index contributed by atoms with van der Waals surface area (Å²) >= 11 is 0. The van der Waals surface area contributed by atoms with Crippen molar-refractivity contribution < 1.29 is 14.3 Å². The van der Waals surface area contributed by atoms with Gasteiger partial charge >= 0.3 is 0 Å². The van der Waals surface area contributed by atoms with Crippen LogP contribution in [0.15, 0.2) is 30.6 Å². The largest absolute Gasteiger partial charge is 0.497 e. The van der Waals surface area contributed by atoms with Gasteiger partial charge in [-0.15, -0.1) is 0 Å². The second kappa shape index (κ2) is 6.75. The molecule has 0 radical (unpaired) electrons. The van der Waals surface area contributed by atoms with Crippen molar-refractivity contribution in [2.45, 2.75) is 6.92 Å². The molecule has 0 aliphatic carbocycles. The molecule has 1 aliphatic rings. The standard InChI is InChI=1S/C17H19N3O3/c1-12-9-13(22-2)3-4-14(12)15-10-18-11-16(19-15)17(21)20-5-7-23-8-6-20/h3-4,9-11H,5-8H2,1-2H3. The first-order chi connectivity index (χ1) is 11.2. The van der Waals surface area contributed by atoms with Gasteiger partial charge in [-0.1, -0.05) is 0 Å². The van der Waals surface area contributed by atoms with Crippen LogP contribution >= 0.6 is 0 Å². The first kappa shape index (κ1) is 15.4. The lowest BCUT2D eigenvalue weighted by atomic mass is 10.1. The number of morpholine rings is 1. The van der Waals surface area contributed by atoms with Crippen LogP contribution in [0.3, 0.4) is 0 Å².